The Hall–Kier alpha value is -3.11. The van der Waals surface area contributed by atoms with Crippen LogP contribution in [-0.2, 0) is 24.0 Å². The van der Waals surface area contributed by atoms with E-state index < -0.39 is 59.9 Å². The largest absolute Gasteiger partial charge is 0.480 e. The zero-order chi connectivity index (χ0) is 27.8. The SMILES string of the molecule is CSCCC(N)C(=O)NC(CCC(N)=O)C(=O)NC(CCCN=C(N)N)C(=O)NC(C(=O)O)C(C)O. The van der Waals surface area contributed by atoms with Gasteiger partial charge < -0.3 is 49.1 Å². The second kappa shape index (κ2) is 17.3. The summed E-state index contributed by atoms with van der Waals surface area (Å²) < 4.78 is 0. The number of nitrogens with zero attached hydrogens (tertiary/aromatic N) is 1. The van der Waals surface area contributed by atoms with E-state index in [4.69, 9.17) is 22.9 Å². The molecular weight excluding hydrogens is 496 g/mol. The molecule has 0 saturated carbocycles. The molecule has 0 fully saturated rings. The van der Waals surface area contributed by atoms with Gasteiger partial charge in [-0.25, -0.2) is 4.79 Å². The molecule has 13 N–H and O–H groups in total. The van der Waals surface area contributed by atoms with E-state index in [1.54, 1.807) is 0 Å². The monoisotopic (exact) mass is 534 g/mol. The van der Waals surface area contributed by atoms with Crippen molar-refractivity contribution in [3.05, 3.63) is 0 Å². The first kappa shape index (κ1) is 32.9. The predicted octanol–water partition coefficient (Wildman–Crippen LogP) is -3.69. The van der Waals surface area contributed by atoms with Crippen molar-refractivity contribution in [3.63, 3.8) is 0 Å². The van der Waals surface area contributed by atoms with Gasteiger partial charge in [0.1, 0.15) is 12.1 Å². The maximum absolute atomic E-state index is 13.0. The van der Waals surface area contributed by atoms with Crippen LogP contribution >= 0.6 is 11.8 Å². The molecule has 0 aliphatic heterocycles. The van der Waals surface area contributed by atoms with Crippen LogP contribution < -0.4 is 38.9 Å². The number of hydrogen-bond acceptors (Lipinski definition) is 9. The molecule has 16 heteroatoms. The average molecular weight is 535 g/mol. The highest BCUT2D eigenvalue weighted by atomic mass is 32.2. The van der Waals surface area contributed by atoms with Crippen LogP contribution in [0.25, 0.3) is 0 Å². The number of hydrogen-bond donors (Lipinski definition) is 9. The number of carbonyl (C=O) groups excluding carboxylic acids is 4. The molecule has 0 radical (unpaired) electrons. The minimum atomic E-state index is -1.63. The second-order valence-electron chi connectivity index (χ2n) is 8.03. The minimum absolute atomic E-state index is 0.00970. The third-order valence-corrected chi connectivity index (χ3v) is 5.55. The van der Waals surface area contributed by atoms with Gasteiger partial charge in [-0.3, -0.25) is 24.2 Å². The summed E-state index contributed by atoms with van der Waals surface area (Å²) in [5.74, 6) is -4.07. The van der Waals surface area contributed by atoms with Crippen LogP contribution in [0, 0.1) is 0 Å². The Kier molecular flexibility index (Phi) is 15.8. The van der Waals surface area contributed by atoms with E-state index in [2.05, 4.69) is 20.9 Å². The average Bonchev–Trinajstić information content (AvgIpc) is 2.79. The van der Waals surface area contributed by atoms with Crippen LogP contribution in [-0.4, -0.2) is 94.6 Å². The number of aliphatic hydroxyl groups is 1. The van der Waals surface area contributed by atoms with Crippen LogP contribution in [0.1, 0.15) is 39.0 Å². The number of aliphatic hydroxyl groups excluding tert-OH is 1. The van der Waals surface area contributed by atoms with Crippen molar-refractivity contribution < 1.29 is 34.2 Å². The smallest absolute Gasteiger partial charge is 0.328 e. The van der Waals surface area contributed by atoms with Gasteiger partial charge in [0.15, 0.2) is 12.0 Å². The molecule has 5 atom stereocenters. The lowest BCUT2D eigenvalue weighted by Crippen LogP contribution is -2.58. The van der Waals surface area contributed by atoms with E-state index in [0.29, 0.717) is 12.2 Å². The molecule has 0 aromatic carbocycles. The Morgan fingerprint density at radius 3 is 1.97 bits per heavy atom. The fourth-order valence-electron chi connectivity index (χ4n) is 2.90. The minimum Gasteiger partial charge on any atom is -0.480 e. The highest BCUT2D eigenvalue weighted by Crippen LogP contribution is 2.06. The number of guanidine groups is 1. The van der Waals surface area contributed by atoms with Crippen LogP contribution in [0.15, 0.2) is 4.99 Å². The fourth-order valence-corrected chi connectivity index (χ4v) is 3.39. The van der Waals surface area contributed by atoms with Crippen LogP contribution in [0.3, 0.4) is 0 Å². The fraction of sp³-hybridized carbons (Fsp3) is 0.700. The zero-order valence-corrected chi connectivity index (χ0v) is 21.3. The summed E-state index contributed by atoms with van der Waals surface area (Å²) >= 11 is 1.49. The van der Waals surface area contributed by atoms with Crippen molar-refractivity contribution in [2.45, 2.75) is 69.3 Å². The summed E-state index contributed by atoms with van der Waals surface area (Å²) in [5.41, 5.74) is 21.6. The van der Waals surface area contributed by atoms with E-state index in [0.717, 1.165) is 0 Å². The van der Waals surface area contributed by atoms with Gasteiger partial charge in [0.05, 0.1) is 12.1 Å². The predicted molar refractivity (Wildman–Crippen MR) is 134 cm³/mol. The Bertz CT molecular complexity index is 792. The number of rotatable bonds is 18. The number of nitrogens with two attached hydrogens (primary N) is 4. The number of thioether (sulfide) groups is 1. The van der Waals surface area contributed by atoms with E-state index in [1.807, 2.05) is 6.26 Å². The van der Waals surface area contributed by atoms with Gasteiger partial charge in [-0.2, -0.15) is 11.8 Å². The second-order valence-corrected chi connectivity index (χ2v) is 9.01. The normalized spacial score (nSPS) is 14.9. The summed E-state index contributed by atoms with van der Waals surface area (Å²) in [6, 6.07) is -5.05. The van der Waals surface area contributed by atoms with Crippen molar-refractivity contribution in [2.24, 2.45) is 27.9 Å². The first-order valence-electron chi connectivity index (χ1n) is 11.2. The first-order valence-corrected chi connectivity index (χ1v) is 12.6. The number of aliphatic carboxylic acids is 1. The third kappa shape index (κ3) is 13.7. The highest BCUT2D eigenvalue weighted by Gasteiger charge is 2.31. The molecule has 36 heavy (non-hydrogen) atoms. The lowest BCUT2D eigenvalue weighted by atomic mass is 10.1. The zero-order valence-electron chi connectivity index (χ0n) is 20.4. The van der Waals surface area contributed by atoms with Crippen LogP contribution in [0.2, 0.25) is 0 Å². The Morgan fingerprint density at radius 2 is 1.47 bits per heavy atom. The van der Waals surface area contributed by atoms with E-state index in [9.17, 15) is 34.2 Å². The molecule has 0 spiro atoms. The topological polar surface area (TPSA) is 278 Å². The molecule has 0 heterocycles. The number of carboxylic acids is 1. The molecule has 4 amide bonds. The maximum Gasteiger partial charge on any atom is 0.328 e. The van der Waals surface area contributed by atoms with Crippen molar-refractivity contribution in [3.8, 4) is 0 Å². The molecule has 206 valence electrons. The molecule has 0 bridgehead atoms. The Balaban J connectivity index is 5.64. The van der Waals surface area contributed by atoms with Gasteiger partial charge in [-0.15, -0.1) is 0 Å². The van der Waals surface area contributed by atoms with Crippen molar-refractivity contribution >= 4 is 47.3 Å². The van der Waals surface area contributed by atoms with Crippen molar-refractivity contribution in [1.82, 2.24) is 16.0 Å². The van der Waals surface area contributed by atoms with Crippen LogP contribution in [0.5, 0.6) is 0 Å². The van der Waals surface area contributed by atoms with Crippen molar-refractivity contribution in [1.29, 1.82) is 0 Å². The molecule has 0 aromatic heterocycles. The number of amides is 4. The van der Waals surface area contributed by atoms with Crippen LogP contribution in [0.4, 0.5) is 0 Å². The molecule has 0 rings (SSSR count). The molecule has 0 saturated heterocycles. The Morgan fingerprint density at radius 1 is 0.917 bits per heavy atom. The lowest BCUT2D eigenvalue weighted by Gasteiger charge is -2.25. The summed E-state index contributed by atoms with van der Waals surface area (Å²) in [5, 5.41) is 26.0. The molecule has 0 aromatic rings. The van der Waals surface area contributed by atoms with Gasteiger partial charge in [0.2, 0.25) is 23.6 Å². The summed E-state index contributed by atoms with van der Waals surface area (Å²) in [4.78, 5) is 64.7. The van der Waals surface area contributed by atoms with Gasteiger partial charge in [-0.1, -0.05) is 0 Å². The number of aliphatic imine (C=N–C) groups is 1. The standard InChI is InChI=1S/C20H38N8O7S/c1-10(29)15(19(34)35)28-18(33)12(4-3-8-25-20(23)24)27-17(32)13(5-6-14(22)30)26-16(31)11(21)7-9-36-2/h10-13,15,29H,3-9,21H2,1-2H3,(H2,22,30)(H,26,31)(H,27,32)(H,28,33)(H,34,35)(H4,23,24,25). The Labute approximate surface area is 213 Å². The van der Waals surface area contributed by atoms with Gasteiger partial charge in [0, 0.05) is 13.0 Å². The lowest BCUT2D eigenvalue weighted by molar-refractivity contribution is -0.145. The third-order valence-electron chi connectivity index (χ3n) is 4.91. The number of carboxylic acid groups (broad SMARTS) is 1. The summed E-state index contributed by atoms with van der Waals surface area (Å²) in [6.45, 7) is 1.30. The number of carbonyl (C=O) groups is 5. The van der Waals surface area contributed by atoms with E-state index in [1.165, 1.54) is 18.7 Å². The maximum atomic E-state index is 13.0. The molecule has 5 unspecified atom stereocenters. The van der Waals surface area contributed by atoms with Gasteiger partial charge in [0.25, 0.3) is 0 Å². The first-order chi connectivity index (χ1) is 16.8. The summed E-state index contributed by atoms with van der Waals surface area (Å²) in [7, 11) is 0. The summed E-state index contributed by atoms with van der Waals surface area (Å²) in [6.07, 6.45) is 0.597. The van der Waals surface area contributed by atoms with E-state index >= 15 is 0 Å². The quantitative estimate of drug-likeness (QED) is 0.0468. The van der Waals surface area contributed by atoms with E-state index in [-0.39, 0.29) is 38.2 Å². The number of nitrogens with one attached hydrogen (secondary N) is 3. The molecule has 0 aliphatic carbocycles. The van der Waals surface area contributed by atoms with Crippen molar-refractivity contribution in [2.75, 3.05) is 18.6 Å². The van der Waals surface area contributed by atoms with Gasteiger partial charge >= 0.3 is 5.97 Å². The molecular formula is C20H38N8O7S. The molecule has 15 nitrogen and oxygen atoms in total. The highest BCUT2D eigenvalue weighted by molar-refractivity contribution is 7.98. The number of primary amides is 1. The molecule has 0 aliphatic rings. The van der Waals surface area contributed by atoms with Gasteiger partial charge in [-0.05, 0) is 44.6 Å².